The van der Waals surface area contributed by atoms with Crippen LogP contribution in [0.3, 0.4) is 0 Å². The van der Waals surface area contributed by atoms with E-state index in [1.165, 1.54) is 4.57 Å². The summed E-state index contributed by atoms with van der Waals surface area (Å²) in [6.45, 7) is 1.84. The number of nitrogens with one attached hydrogen (secondary N) is 1. The summed E-state index contributed by atoms with van der Waals surface area (Å²) < 4.78 is 12.7. The Kier molecular flexibility index (Phi) is 8.26. The standard InChI is InChI=1S/C25H23ClN6O5/c1-2-36-21(33)12-15-31-24(34)30-22(32(25(31)35)16-17-4-6-18(26)7-5-17)29-19-8-10-20(11-9-19)37-23-27-13-3-14-28-23/h3-11,13-14H,2,12,15-16H2,1H3,(H,29,30,34). The Morgan fingerprint density at radius 3 is 2.38 bits per heavy atom. The molecule has 0 amide bonds. The molecule has 0 aliphatic heterocycles. The lowest BCUT2D eigenvalue weighted by molar-refractivity contribution is -0.143. The molecule has 1 N–H and O–H groups in total. The first-order chi connectivity index (χ1) is 17.9. The van der Waals surface area contributed by atoms with Gasteiger partial charge in [0.25, 0.3) is 0 Å². The second-order valence-corrected chi connectivity index (χ2v) is 8.14. The zero-order valence-corrected chi connectivity index (χ0v) is 20.6. The van der Waals surface area contributed by atoms with Crippen molar-refractivity contribution in [1.82, 2.24) is 24.1 Å². The minimum absolute atomic E-state index is 0.0393. The molecule has 0 saturated carbocycles. The van der Waals surface area contributed by atoms with Crippen LogP contribution < -0.4 is 21.4 Å². The number of anilines is 2. The molecule has 0 radical (unpaired) electrons. The van der Waals surface area contributed by atoms with E-state index in [0.717, 1.165) is 10.1 Å². The maximum atomic E-state index is 13.3. The van der Waals surface area contributed by atoms with Gasteiger partial charge in [-0.05, 0) is 55.0 Å². The molecule has 0 aliphatic rings. The third-order valence-electron chi connectivity index (χ3n) is 5.11. The van der Waals surface area contributed by atoms with Gasteiger partial charge in [-0.3, -0.25) is 9.36 Å². The minimum Gasteiger partial charge on any atom is -0.466 e. The number of halogens is 1. The van der Waals surface area contributed by atoms with Gasteiger partial charge in [-0.2, -0.15) is 4.98 Å². The molecule has 2 heterocycles. The predicted octanol–water partition coefficient (Wildman–Crippen LogP) is 3.39. The van der Waals surface area contributed by atoms with Crippen molar-refractivity contribution in [3.05, 3.63) is 98.5 Å². The molecule has 11 nitrogen and oxygen atoms in total. The SMILES string of the molecule is CCOC(=O)CCn1c(=O)nc(Nc2ccc(Oc3ncccn3)cc2)n(Cc2ccc(Cl)cc2)c1=O. The third kappa shape index (κ3) is 6.79. The molecule has 0 bridgehead atoms. The number of ether oxygens (including phenoxy) is 2. The zero-order chi connectivity index (χ0) is 26.2. The molecule has 2 aromatic carbocycles. The smallest absolute Gasteiger partial charge is 0.354 e. The number of carbonyl (C=O) groups is 1. The lowest BCUT2D eigenvalue weighted by Gasteiger charge is -2.16. The molecule has 4 rings (SSSR count). The minimum atomic E-state index is -0.787. The van der Waals surface area contributed by atoms with Crippen LogP contribution in [0, 0.1) is 0 Å². The van der Waals surface area contributed by atoms with Gasteiger partial charge in [0.2, 0.25) is 5.95 Å². The molecule has 0 fully saturated rings. The Bertz CT molecular complexity index is 1470. The molecule has 0 aliphatic carbocycles. The van der Waals surface area contributed by atoms with Gasteiger partial charge < -0.3 is 14.8 Å². The largest absolute Gasteiger partial charge is 0.466 e. The first-order valence-corrected chi connectivity index (χ1v) is 11.7. The number of nitrogens with zero attached hydrogens (tertiary/aromatic N) is 5. The summed E-state index contributed by atoms with van der Waals surface area (Å²) in [5.41, 5.74) is -0.0893. The Hall–Kier alpha value is -4.51. The van der Waals surface area contributed by atoms with E-state index in [1.807, 2.05) is 0 Å². The van der Waals surface area contributed by atoms with Gasteiger partial charge in [0.15, 0.2) is 0 Å². The molecule has 37 heavy (non-hydrogen) atoms. The first-order valence-electron chi connectivity index (χ1n) is 11.4. The number of rotatable bonds is 10. The van der Waals surface area contributed by atoms with Crippen molar-refractivity contribution in [3.63, 3.8) is 0 Å². The van der Waals surface area contributed by atoms with Gasteiger partial charge in [-0.15, -0.1) is 0 Å². The predicted molar refractivity (Wildman–Crippen MR) is 136 cm³/mol. The van der Waals surface area contributed by atoms with E-state index in [4.69, 9.17) is 21.1 Å². The highest BCUT2D eigenvalue weighted by molar-refractivity contribution is 6.30. The van der Waals surface area contributed by atoms with Crippen molar-refractivity contribution in [3.8, 4) is 11.8 Å². The van der Waals surface area contributed by atoms with Gasteiger partial charge >= 0.3 is 23.4 Å². The molecule has 0 unspecified atom stereocenters. The van der Waals surface area contributed by atoms with Gasteiger partial charge in [0, 0.05) is 29.6 Å². The molecule has 0 atom stereocenters. The van der Waals surface area contributed by atoms with E-state index < -0.39 is 17.3 Å². The van der Waals surface area contributed by atoms with Crippen molar-refractivity contribution in [2.24, 2.45) is 0 Å². The highest BCUT2D eigenvalue weighted by Gasteiger charge is 2.16. The number of carbonyl (C=O) groups excluding carboxylic acids is 1. The van der Waals surface area contributed by atoms with Crippen LogP contribution in [0.2, 0.25) is 5.02 Å². The highest BCUT2D eigenvalue weighted by atomic mass is 35.5. The summed E-state index contributed by atoms with van der Waals surface area (Å²) in [6.07, 6.45) is 3.00. The van der Waals surface area contributed by atoms with Crippen LogP contribution >= 0.6 is 11.6 Å². The van der Waals surface area contributed by atoms with Gasteiger partial charge in [0.1, 0.15) is 5.75 Å². The fourth-order valence-electron chi connectivity index (χ4n) is 3.35. The maximum Gasteiger partial charge on any atom is 0.354 e. The lowest BCUT2D eigenvalue weighted by atomic mass is 10.2. The summed E-state index contributed by atoms with van der Waals surface area (Å²) >= 11 is 5.99. The first kappa shape index (κ1) is 25.6. The van der Waals surface area contributed by atoms with Crippen molar-refractivity contribution >= 4 is 29.2 Å². The second kappa shape index (κ2) is 12.0. The van der Waals surface area contributed by atoms with Gasteiger partial charge in [-0.25, -0.2) is 24.1 Å². The van der Waals surface area contributed by atoms with E-state index in [-0.39, 0.29) is 38.1 Å². The van der Waals surface area contributed by atoms with E-state index in [0.29, 0.717) is 16.5 Å². The molecule has 0 spiro atoms. The van der Waals surface area contributed by atoms with Crippen LogP contribution in [0.1, 0.15) is 18.9 Å². The number of aromatic nitrogens is 5. The number of esters is 1. The van der Waals surface area contributed by atoms with E-state index in [9.17, 15) is 14.4 Å². The fourth-order valence-corrected chi connectivity index (χ4v) is 3.47. The van der Waals surface area contributed by atoms with Crippen LogP contribution in [0.25, 0.3) is 0 Å². The Morgan fingerprint density at radius 2 is 1.70 bits per heavy atom. The Labute approximate surface area is 216 Å². The van der Waals surface area contributed by atoms with Crippen LogP contribution in [0.5, 0.6) is 11.8 Å². The molecular formula is C25H23ClN6O5. The number of hydrogen-bond acceptors (Lipinski definition) is 9. The summed E-state index contributed by atoms with van der Waals surface area (Å²) in [6, 6.07) is 15.6. The summed E-state index contributed by atoms with van der Waals surface area (Å²) in [7, 11) is 0. The van der Waals surface area contributed by atoms with Gasteiger partial charge in [0.05, 0.1) is 19.6 Å². The molecule has 4 aromatic rings. The second-order valence-electron chi connectivity index (χ2n) is 7.70. The molecular weight excluding hydrogens is 500 g/mol. The van der Waals surface area contributed by atoms with Gasteiger partial charge in [-0.1, -0.05) is 23.7 Å². The van der Waals surface area contributed by atoms with Crippen LogP contribution in [-0.4, -0.2) is 36.7 Å². The maximum absolute atomic E-state index is 13.3. The Morgan fingerprint density at radius 1 is 1.00 bits per heavy atom. The topological polar surface area (TPSA) is 130 Å². The van der Waals surface area contributed by atoms with Crippen LogP contribution in [0.4, 0.5) is 11.6 Å². The van der Waals surface area contributed by atoms with E-state index in [2.05, 4.69) is 20.3 Å². The molecule has 2 aromatic heterocycles. The lowest BCUT2D eigenvalue weighted by Crippen LogP contribution is -2.43. The summed E-state index contributed by atoms with van der Waals surface area (Å²) in [5.74, 6) is 0.0264. The van der Waals surface area contributed by atoms with Crippen LogP contribution in [0.15, 0.2) is 76.6 Å². The summed E-state index contributed by atoms with van der Waals surface area (Å²) in [5, 5.41) is 3.57. The fraction of sp³-hybridized carbons (Fsp3) is 0.200. The summed E-state index contributed by atoms with van der Waals surface area (Å²) in [4.78, 5) is 50.0. The van der Waals surface area contributed by atoms with Crippen molar-refractivity contribution in [2.45, 2.75) is 26.4 Å². The third-order valence-corrected chi connectivity index (χ3v) is 5.36. The zero-order valence-electron chi connectivity index (χ0n) is 19.8. The quantitative estimate of drug-likeness (QED) is 0.311. The molecule has 0 saturated heterocycles. The van der Waals surface area contributed by atoms with E-state index in [1.54, 1.807) is 73.9 Å². The van der Waals surface area contributed by atoms with Crippen molar-refractivity contribution < 1.29 is 14.3 Å². The van der Waals surface area contributed by atoms with Crippen LogP contribution in [-0.2, 0) is 22.6 Å². The molecule has 190 valence electrons. The average Bonchev–Trinajstić information content (AvgIpc) is 2.89. The monoisotopic (exact) mass is 522 g/mol. The Balaban J connectivity index is 1.62. The normalized spacial score (nSPS) is 10.6. The number of hydrogen-bond donors (Lipinski definition) is 1. The number of benzene rings is 2. The average molecular weight is 523 g/mol. The highest BCUT2D eigenvalue weighted by Crippen LogP contribution is 2.22. The van der Waals surface area contributed by atoms with E-state index >= 15 is 0 Å². The van der Waals surface area contributed by atoms with Crippen molar-refractivity contribution in [1.29, 1.82) is 0 Å². The van der Waals surface area contributed by atoms with Crippen molar-refractivity contribution in [2.75, 3.05) is 11.9 Å². The molecule has 12 heteroatoms.